The lowest BCUT2D eigenvalue weighted by Crippen LogP contribution is -2.18. The van der Waals surface area contributed by atoms with Crippen LogP contribution in [0.4, 0.5) is 18.9 Å². The van der Waals surface area contributed by atoms with Gasteiger partial charge in [0, 0.05) is 18.8 Å². The van der Waals surface area contributed by atoms with Gasteiger partial charge in [-0.1, -0.05) is 6.92 Å². The van der Waals surface area contributed by atoms with Gasteiger partial charge in [-0.05, 0) is 43.0 Å². The van der Waals surface area contributed by atoms with Crippen molar-refractivity contribution in [3.8, 4) is 0 Å². The zero-order chi connectivity index (χ0) is 12.5. The van der Waals surface area contributed by atoms with Crippen LogP contribution >= 0.6 is 0 Å². The summed E-state index contributed by atoms with van der Waals surface area (Å²) < 4.78 is 38.2. The molecule has 1 heterocycles. The van der Waals surface area contributed by atoms with Crippen LogP contribution in [-0.4, -0.2) is 13.1 Å². The van der Waals surface area contributed by atoms with Gasteiger partial charge in [-0.2, -0.15) is 13.2 Å². The van der Waals surface area contributed by atoms with Gasteiger partial charge < -0.3 is 4.90 Å². The molecule has 0 radical (unpaired) electrons. The third-order valence-corrected chi connectivity index (χ3v) is 3.25. The van der Waals surface area contributed by atoms with E-state index in [2.05, 4.69) is 4.90 Å². The molecule has 0 bridgehead atoms. The molecule has 1 saturated heterocycles. The van der Waals surface area contributed by atoms with Crippen molar-refractivity contribution in [3.05, 3.63) is 29.3 Å². The van der Waals surface area contributed by atoms with E-state index >= 15 is 0 Å². The first kappa shape index (κ1) is 12.3. The number of hydrogen-bond donors (Lipinski definition) is 0. The lowest BCUT2D eigenvalue weighted by molar-refractivity contribution is -0.138. The molecular formula is C13H16F3N. The van der Waals surface area contributed by atoms with Crippen molar-refractivity contribution in [1.29, 1.82) is 0 Å². The molecule has 0 unspecified atom stereocenters. The van der Waals surface area contributed by atoms with Crippen LogP contribution in [0.1, 0.15) is 30.9 Å². The van der Waals surface area contributed by atoms with Gasteiger partial charge in [0.05, 0.1) is 5.56 Å². The molecule has 1 aromatic carbocycles. The Kier molecular flexibility index (Phi) is 3.31. The Morgan fingerprint density at radius 3 is 2.35 bits per heavy atom. The maximum absolute atomic E-state index is 12.7. The molecule has 0 saturated carbocycles. The highest BCUT2D eigenvalue weighted by Crippen LogP contribution is 2.34. The summed E-state index contributed by atoms with van der Waals surface area (Å²) in [7, 11) is 0. The molecule has 17 heavy (non-hydrogen) atoms. The molecule has 2 rings (SSSR count). The number of alkyl halides is 3. The fourth-order valence-corrected chi connectivity index (χ4v) is 2.32. The van der Waals surface area contributed by atoms with Gasteiger partial charge in [-0.15, -0.1) is 0 Å². The summed E-state index contributed by atoms with van der Waals surface area (Å²) in [6.45, 7) is 3.67. The third kappa shape index (κ3) is 2.56. The quantitative estimate of drug-likeness (QED) is 0.762. The number of rotatable bonds is 2. The first-order valence-corrected chi connectivity index (χ1v) is 5.97. The molecule has 0 N–H and O–H groups in total. The van der Waals surface area contributed by atoms with Gasteiger partial charge in [0.1, 0.15) is 0 Å². The predicted molar refractivity (Wildman–Crippen MR) is 62.3 cm³/mol. The van der Waals surface area contributed by atoms with Crippen LogP contribution in [0, 0.1) is 0 Å². The number of halogens is 3. The molecule has 1 aromatic rings. The normalized spacial score (nSPS) is 16.6. The topological polar surface area (TPSA) is 3.24 Å². The van der Waals surface area contributed by atoms with Gasteiger partial charge in [-0.3, -0.25) is 0 Å². The van der Waals surface area contributed by atoms with E-state index in [1.54, 1.807) is 19.1 Å². The Morgan fingerprint density at radius 1 is 1.18 bits per heavy atom. The molecule has 0 atom stereocenters. The Balaban J connectivity index is 2.33. The summed E-state index contributed by atoms with van der Waals surface area (Å²) in [4.78, 5) is 2.15. The van der Waals surface area contributed by atoms with Crippen molar-refractivity contribution < 1.29 is 13.2 Å². The van der Waals surface area contributed by atoms with Crippen molar-refractivity contribution in [1.82, 2.24) is 0 Å². The first-order chi connectivity index (χ1) is 8.02. The third-order valence-electron chi connectivity index (χ3n) is 3.25. The van der Waals surface area contributed by atoms with E-state index in [9.17, 15) is 13.2 Å². The standard InChI is InChI=1S/C13H16F3N/c1-2-10-9-11(17-7-3-4-8-17)5-6-12(10)13(14,15)16/h5-6,9H,2-4,7-8H2,1H3. The van der Waals surface area contributed by atoms with Gasteiger partial charge in [0.15, 0.2) is 0 Å². The smallest absolute Gasteiger partial charge is 0.372 e. The fourth-order valence-electron chi connectivity index (χ4n) is 2.32. The van der Waals surface area contributed by atoms with Gasteiger partial charge in [0.2, 0.25) is 0 Å². The maximum atomic E-state index is 12.7. The summed E-state index contributed by atoms with van der Waals surface area (Å²) in [5.74, 6) is 0. The largest absolute Gasteiger partial charge is 0.416 e. The molecule has 1 aliphatic heterocycles. The van der Waals surface area contributed by atoms with Crippen molar-refractivity contribution in [2.75, 3.05) is 18.0 Å². The molecular weight excluding hydrogens is 227 g/mol. The predicted octanol–water partition coefficient (Wildman–Crippen LogP) is 3.87. The molecule has 0 amide bonds. The highest BCUT2D eigenvalue weighted by molar-refractivity contribution is 5.52. The molecule has 0 spiro atoms. The van der Waals surface area contributed by atoms with Gasteiger partial charge >= 0.3 is 6.18 Å². The molecule has 1 aliphatic rings. The average molecular weight is 243 g/mol. The fraction of sp³-hybridized carbons (Fsp3) is 0.538. The number of nitrogens with zero attached hydrogens (tertiary/aromatic N) is 1. The Hall–Kier alpha value is -1.19. The number of anilines is 1. The van der Waals surface area contributed by atoms with E-state index in [0.29, 0.717) is 12.0 Å². The van der Waals surface area contributed by atoms with E-state index < -0.39 is 11.7 Å². The van der Waals surface area contributed by atoms with Crippen LogP contribution in [0.3, 0.4) is 0 Å². The minimum atomic E-state index is -4.24. The maximum Gasteiger partial charge on any atom is 0.416 e. The van der Waals surface area contributed by atoms with E-state index in [1.807, 2.05) is 0 Å². The average Bonchev–Trinajstić information content (AvgIpc) is 2.80. The summed E-state index contributed by atoms with van der Waals surface area (Å²) in [6, 6.07) is 4.49. The Bertz CT molecular complexity index is 392. The second kappa shape index (κ2) is 4.59. The van der Waals surface area contributed by atoms with Crippen molar-refractivity contribution in [2.24, 2.45) is 0 Å². The van der Waals surface area contributed by atoms with Crippen molar-refractivity contribution in [2.45, 2.75) is 32.4 Å². The first-order valence-electron chi connectivity index (χ1n) is 5.97. The van der Waals surface area contributed by atoms with Crippen LogP contribution < -0.4 is 4.90 Å². The summed E-state index contributed by atoms with van der Waals surface area (Å²) in [5, 5.41) is 0. The minimum Gasteiger partial charge on any atom is -0.372 e. The Labute approximate surface area is 99.2 Å². The summed E-state index contributed by atoms with van der Waals surface area (Å²) >= 11 is 0. The minimum absolute atomic E-state index is 0.391. The van der Waals surface area contributed by atoms with Crippen LogP contribution in [-0.2, 0) is 12.6 Å². The van der Waals surface area contributed by atoms with Gasteiger partial charge in [-0.25, -0.2) is 0 Å². The summed E-state index contributed by atoms with van der Waals surface area (Å²) in [5.41, 5.74) is 0.817. The van der Waals surface area contributed by atoms with E-state index in [-0.39, 0.29) is 0 Å². The lowest BCUT2D eigenvalue weighted by Gasteiger charge is -2.20. The second-order valence-electron chi connectivity index (χ2n) is 4.39. The van der Waals surface area contributed by atoms with Gasteiger partial charge in [0.25, 0.3) is 0 Å². The molecule has 0 aromatic heterocycles. The van der Waals surface area contributed by atoms with E-state index in [1.165, 1.54) is 6.07 Å². The molecule has 94 valence electrons. The molecule has 4 heteroatoms. The SMILES string of the molecule is CCc1cc(N2CCCC2)ccc1C(F)(F)F. The number of hydrogen-bond acceptors (Lipinski definition) is 1. The summed E-state index contributed by atoms with van der Waals surface area (Å²) in [6.07, 6.45) is -1.57. The van der Waals surface area contributed by atoms with Crippen molar-refractivity contribution in [3.63, 3.8) is 0 Å². The van der Waals surface area contributed by atoms with E-state index in [0.717, 1.165) is 31.6 Å². The Morgan fingerprint density at radius 2 is 1.82 bits per heavy atom. The van der Waals surface area contributed by atoms with Crippen molar-refractivity contribution >= 4 is 5.69 Å². The zero-order valence-electron chi connectivity index (χ0n) is 9.85. The lowest BCUT2D eigenvalue weighted by atomic mass is 10.0. The van der Waals surface area contributed by atoms with Crippen LogP contribution in [0.15, 0.2) is 18.2 Å². The van der Waals surface area contributed by atoms with Crippen LogP contribution in [0.25, 0.3) is 0 Å². The molecule has 1 nitrogen and oxygen atoms in total. The zero-order valence-corrected chi connectivity index (χ0v) is 9.85. The van der Waals surface area contributed by atoms with E-state index in [4.69, 9.17) is 0 Å². The van der Waals surface area contributed by atoms with Crippen LogP contribution in [0.5, 0.6) is 0 Å². The second-order valence-corrected chi connectivity index (χ2v) is 4.39. The molecule has 0 aliphatic carbocycles. The number of aryl methyl sites for hydroxylation is 1. The van der Waals surface area contributed by atoms with Crippen LogP contribution in [0.2, 0.25) is 0 Å². The monoisotopic (exact) mass is 243 g/mol. The highest BCUT2D eigenvalue weighted by Gasteiger charge is 2.33. The molecule has 1 fully saturated rings. The number of benzene rings is 1. The highest BCUT2D eigenvalue weighted by atomic mass is 19.4.